The second-order valence-electron chi connectivity index (χ2n) is 9.76. The number of rotatable bonds is 12. The van der Waals surface area contributed by atoms with Gasteiger partial charge in [-0.15, -0.1) is 0 Å². The van der Waals surface area contributed by atoms with Crippen molar-refractivity contribution in [1.82, 2.24) is 10.2 Å². The number of hydrogen-bond acceptors (Lipinski definition) is 4. The Morgan fingerprint density at radius 1 is 0.949 bits per heavy atom. The molecule has 2 atom stereocenters. The van der Waals surface area contributed by atoms with Crippen molar-refractivity contribution in [2.24, 2.45) is 0 Å². The second kappa shape index (κ2) is 13.4. The lowest BCUT2D eigenvalue weighted by Crippen LogP contribution is -2.54. The van der Waals surface area contributed by atoms with Gasteiger partial charge in [0.15, 0.2) is 0 Å². The van der Waals surface area contributed by atoms with Gasteiger partial charge in [-0.2, -0.15) is 0 Å². The Morgan fingerprint density at radius 2 is 1.59 bits per heavy atom. The molecule has 39 heavy (non-hydrogen) atoms. The fourth-order valence-electron chi connectivity index (χ4n) is 4.25. The molecule has 0 radical (unpaired) electrons. The summed E-state index contributed by atoms with van der Waals surface area (Å²) < 4.78 is 40.9. The molecule has 0 fully saturated rings. The number of hydrogen-bond donors (Lipinski definition) is 1. The van der Waals surface area contributed by atoms with Crippen LogP contribution in [0.5, 0.6) is 0 Å². The smallest absolute Gasteiger partial charge is 0.244 e. The lowest BCUT2D eigenvalue weighted by molar-refractivity contribution is -0.140. The Hall–Kier alpha value is -3.72. The largest absolute Gasteiger partial charge is 0.352 e. The van der Waals surface area contributed by atoms with Gasteiger partial charge in [-0.25, -0.2) is 12.8 Å². The standard InChI is InChI=1S/C30H36FN3O4S/c1-5-23(3)32-30(36)28(19-24-13-7-6-8-14-24)33(20-25-15-11-12-22(2)18-25)29(35)21-34(39(4,37)38)27-17-10-9-16-26(27)31/h6-18,23,28H,5,19-21H2,1-4H3,(H,32,36). The summed E-state index contributed by atoms with van der Waals surface area (Å²) in [6.07, 6.45) is 1.85. The number of anilines is 1. The highest BCUT2D eigenvalue weighted by Gasteiger charge is 2.34. The maximum Gasteiger partial charge on any atom is 0.244 e. The molecule has 9 heteroatoms. The quantitative estimate of drug-likeness (QED) is 0.359. The summed E-state index contributed by atoms with van der Waals surface area (Å²) in [5.41, 5.74) is 2.38. The number of carbonyl (C=O) groups excluding carboxylic acids is 2. The SMILES string of the molecule is CCC(C)NC(=O)C(Cc1ccccc1)N(Cc1cccc(C)c1)C(=O)CN(c1ccccc1F)S(C)(=O)=O. The minimum absolute atomic E-state index is 0.0703. The number of amides is 2. The summed E-state index contributed by atoms with van der Waals surface area (Å²) in [6.45, 7) is 5.17. The first-order valence-electron chi connectivity index (χ1n) is 12.9. The molecule has 3 rings (SSSR count). The summed E-state index contributed by atoms with van der Waals surface area (Å²) >= 11 is 0. The van der Waals surface area contributed by atoms with E-state index in [-0.39, 0.29) is 30.6 Å². The molecule has 3 aromatic rings. The van der Waals surface area contributed by atoms with Crippen LogP contribution >= 0.6 is 0 Å². The number of nitrogens with zero attached hydrogens (tertiary/aromatic N) is 2. The maximum absolute atomic E-state index is 14.7. The molecule has 0 aromatic heterocycles. The number of aryl methyl sites for hydroxylation is 1. The molecule has 0 aliphatic rings. The molecule has 0 aliphatic carbocycles. The molecule has 3 aromatic carbocycles. The van der Waals surface area contributed by atoms with Crippen LogP contribution in [-0.2, 0) is 32.6 Å². The minimum atomic E-state index is -4.03. The summed E-state index contributed by atoms with van der Waals surface area (Å²) in [6, 6.07) is 21.2. The predicted molar refractivity (Wildman–Crippen MR) is 152 cm³/mol. The van der Waals surface area contributed by atoms with Crippen molar-refractivity contribution in [3.05, 3.63) is 101 Å². The van der Waals surface area contributed by atoms with E-state index in [4.69, 9.17) is 0 Å². The van der Waals surface area contributed by atoms with Crippen molar-refractivity contribution in [3.63, 3.8) is 0 Å². The van der Waals surface area contributed by atoms with Crippen molar-refractivity contribution in [2.45, 2.75) is 52.2 Å². The van der Waals surface area contributed by atoms with E-state index in [1.807, 2.05) is 75.4 Å². The lowest BCUT2D eigenvalue weighted by atomic mass is 10.0. The van der Waals surface area contributed by atoms with Crippen molar-refractivity contribution in [2.75, 3.05) is 17.1 Å². The van der Waals surface area contributed by atoms with Gasteiger partial charge in [-0.05, 0) is 43.5 Å². The molecule has 0 saturated heterocycles. The third kappa shape index (κ3) is 8.38. The molecular formula is C30H36FN3O4S. The third-order valence-corrected chi connectivity index (χ3v) is 7.63. The van der Waals surface area contributed by atoms with E-state index < -0.39 is 34.3 Å². The molecule has 0 saturated carbocycles. The van der Waals surface area contributed by atoms with Gasteiger partial charge in [-0.3, -0.25) is 13.9 Å². The van der Waals surface area contributed by atoms with Crippen LogP contribution in [0.25, 0.3) is 0 Å². The van der Waals surface area contributed by atoms with Crippen LogP contribution in [0.1, 0.15) is 37.0 Å². The molecule has 2 amide bonds. The summed E-state index contributed by atoms with van der Waals surface area (Å²) in [5.74, 6) is -1.73. The molecule has 208 valence electrons. The van der Waals surface area contributed by atoms with E-state index in [0.29, 0.717) is 6.42 Å². The van der Waals surface area contributed by atoms with Crippen LogP contribution in [0.3, 0.4) is 0 Å². The van der Waals surface area contributed by atoms with Gasteiger partial charge in [0.25, 0.3) is 0 Å². The number of sulfonamides is 1. The van der Waals surface area contributed by atoms with Crippen molar-refractivity contribution >= 4 is 27.5 Å². The van der Waals surface area contributed by atoms with Gasteiger partial charge in [0.05, 0.1) is 11.9 Å². The van der Waals surface area contributed by atoms with E-state index in [9.17, 15) is 22.4 Å². The highest BCUT2D eigenvalue weighted by molar-refractivity contribution is 7.92. The fourth-order valence-corrected chi connectivity index (χ4v) is 5.10. The van der Waals surface area contributed by atoms with Crippen molar-refractivity contribution in [1.29, 1.82) is 0 Å². The number of benzene rings is 3. The molecular weight excluding hydrogens is 517 g/mol. The predicted octanol–water partition coefficient (Wildman–Crippen LogP) is 4.45. The van der Waals surface area contributed by atoms with E-state index >= 15 is 0 Å². The van der Waals surface area contributed by atoms with Gasteiger partial charge in [0.2, 0.25) is 21.8 Å². The summed E-state index contributed by atoms with van der Waals surface area (Å²) in [7, 11) is -4.03. The molecule has 2 unspecified atom stereocenters. The molecule has 0 bridgehead atoms. The van der Waals surface area contributed by atoms with Crippen LogP contribution in [-0.4, -0.2) is 50.0 Å². The Bertz CT molecular complexity index is 1380. The van der Waals surface area contributed by atoms with Crippen LogP contribution in [0, 0.1) is 12.7 Å². The average molecular weight is 554 g/mol. The Balaban J connectivity index is 2.07. The van der Waals surface area contributed by atoms with E-state index in [1.165, 1.54) is 23.1 Å². The highest BCUT2D eigenvalue weighted by Crippen LogP contribution is 2.23. The summed E-state index contributed by atoms with van der Waals surface area (Å²) in [4.78, 5) is 29.0. The Kier molecular flexibility index (Phi) is 10.2. The zero-order chi connectivity index (χ0) is 28.6. The topological polar surface area (TPSA) is 86.8 Å². The molecule has 7 nitrogen and oxygen atoms in total. The Labute approximate surface area is 230 Å². The van der Waals surface area contributed by atoms with Gasteiger partial charge < -0.3 is 10.2 Å². The zero-order valence-corrected chi connectivity index (χ0v) is 23.6. The van der Waals surface area contributed by atoms with Crippen LogP contribution in [0.15, 0.2) is 78.9 Å². The third-order valence-electron chi connectivity index (χ3n) is 6.51. The van der Waals surface area contributed by atoms with E-state index in [2.05, 4.69) is 5.32 Å². The van der Waals surface area contributed by atoms with Crippen LogP contribution < -0.4 is 9.62 Å². The molecule has 1 N–H and O–H groups in total. The molecule has 0 heterocycles. The molecule has 0 spiro atoms. The molecule has 0 aliphatic heterocycles. The van der Waals surface area contributed by atoms with Crippen molar-refractivity contribution in [3.8, 4) is 0 Å². The summed E-state index contributed by atoms with van der Waals surface area (Å²) in [5, 5.41) is 2.98. The van der Waals surface area contributed by atoms with Crippen LogP contribution in [0.4, 0.5) is 10.1 Å². The number of para-hydroxylation sites is 1. The van der Waals surface area contributed by atoms with Crippen molar-refractivity contribution < 1.29 is 22.4 Å². The number of halogens is 1. The maximum atomic E-state index is 14.7. The van der Waals surface area contributed by atoms with Crippen LogP contribution in [0.2, 0.25) is 0 Å². The number of nitrogens with one attached hydrogen (secondary N) is 1. The zero-order valence-electron chi connectivity index (χ0n) is 22.8. The van der Waals surface area contributed by atoms with Gasteiger partial charge >= 0.3 is 0 Å². The Morgan fingerprint density at radius 3 is 2.21 bits per heavy atom. The number of carbonyl (C=O) groups is 2. The van der Waals surface area contributed by atoms with Gasteiger partial charge in [0, 0.05) is 19.0 Å². The second-order valence-corrected chi connectivity index (χ2v) is 11.7. The first kappa shape index (κ1) is 29.8. The first-order chi connectivity index (χ1) is 18.5. The fraction of sp³-hybridized carbons (Fsp3) is 0.333. The average Bonchev–Trinajstić information content (AvgIpc) is 2.89. The van der Waals surface area contributed by atoms with E-state index in [0.717, 1.165) is 33.3 Å². The first-order valence-corrected chi connectivity index (χ1v) is 14.8. The highest BCUT2D eigenvalue weighted by atomic mass is 32.2. The lowest BCUT2D eigenvalue weighted by Gasteiger charge is -2.34. The van der Waals surface area contributed by atoms with Gasteiger partial charge in [0.1, 0.15) is 18.4 Å². The van der Waals surface area contributed by atoms with Gasteiger partial charge in [-0.1, -0.05) is 79.2 Å². The monoisotopic (exact) mass is 553 g/mol. The minimum Gasteiger partial charge on any atom is -0.352 e. The van der Waals surface area contributed by atoms with E-state index in [1.54, 1.807) is 0 Å². The normalized spacial score (nSPS) is 12.8.